The van der Waals surface area contributed by atoms with E-state index in [1.165, 1.54) is 57.8 Å². The zero-order chi connectivity index (χ0) is 18.3. The highest BCUT2D eigenvalue weighted by atomic mass is 32.2. The van der Waals surface area contributed by atoms with Crippen molar-refractivity contribution in [3.05, 3.63) is 12.2 Å². The van der Waals surface area contributed by atoms with Gasteiger partial charge in [0.1, 0.15) is 0 Å². The maximum atomic E-state index is 12.1. The zero-order valence-corrected chi connectivity index (χ0v) is 17.4. The van der Waals surface area contributed by atoms with Crippen LogP contribution in [0.3, 0.4) is 0 Å². The number of ether oxygens (including phenoxy) is 1. The van der Waals surface area contributed by atoms with Crippen LogP contribution in [0.4, 0.5) is 0 Å². The van der Waals surface area contributed by atoms with Gasteiger partial charge in [0.25, 0.3) is 0 Å². The Labute approximate surface area is 177 Å². The molecule has 0 fully saturated rings. The van der Waals surface area contributed by atoms with E-state index in [1.54, 1.807) is 11.8 Å². The molecular formula is C24H52O2S. The second kappa shape index (κ2) is 21.9. The first-order valence-electron chi connectivity index (χ1n) is 9.79. The molecule has 0 aliphatic carbocycles. The van der Waals surface area contributed by atoms with Crippen LogP contribution >= 0.6 is 11.8 Å². The number of thioether (sulfide) groups is 1. The van der Waals surface area contributed by atoms with E-state index in [0.29, 0.717) is 6.61 Å². The predicted octanol–water partition coefficient (Wildman–Crippen LogP) is 8.69. The molecule has 2 nitrogen and oxygen atoms in total. The van der Waals surface area contributed by atoms with Gasteiger partial charge in [-0.2, -0.15) is 11.8 Å². The third kappa shape index (κ3) is 21.7. The van der Waals surface area contributed by atoms with Crippen LogP contribution in [0.15, 0.2) is 12.2 Å². The quantitative estimate of drug-likeness (QED) is 0.146. The molecule has 166 valence electrons. The highest BCUT2D eigenvalue weighted by Gasteiger charge is 2.29. The van der Waals surface area contributed by atoms with Gasteiger partial charge in [0.2, 0.25) is 0 Å². The lowest BCUT2D eigenvalue weighted by Gasteiger charge is -2.22. The minimum absolute atomic E-state index is 0. The van der Waals surface area contributed by atoms with Gasteiger partial charge < -0.3 is 4.74 Å². The van der Waals surface area contributed by atoms with Crippen LogP contribution in [0.2, 0.25) is 0 Å². The first-order chi connectivity index (χ1) is 11.4. The van der Waals surface area contributed by atoms with Crippen molar-refractivity contribution in [1.29, 1.82) is 0 Å². The van der Waals surface area contributed by atoms with E-state index in [9.17, 15) is 4.79 Å². The van der Waals surface area contributed by atoms with Gasteiger partial charge in [0.05, 0.1) is 12.0 Å². The summed E-state index contributed by atoms with van der Waals surface area (Å²) in [5.74, 6) is 1.64. The summed E-state index contributed by atoms with van der Waals surface area (Å²) < 4.78 is 5.46. The summed E-state index contributed by atoms with van der Waals surface area (Å²) in [6.45, 7) is 12.7. The molecule has 0 bridgehead atoms. The van der Waals surface area contributed by atoms with Crippen LogP contribution in [0.25, 0.3) is 0 Å². The summed E-state index contributed by atoms with van der Waals surface area (Å²) in [5.41, 5.74) is 0.744. The van der Waals surface area contributed by atoms with E-state index in [2.05, 4.69) is 13.5 Å². The molecule has 0 rings (SSSR count). The van der Waals surface area contributed by atoms with Crippen LogP contribution in [-0.4, -0.2) is 24.1 Å². The monoisotopic (exact) mass is 404 g/mol. The van der Waals surface area contributed by atoms with Gasteiger partial charge in [-0.15, -0.1) is 0 Å². The number of esters is 1. The predicted molar refractivity (Wildman–Crippen MR) is 129 cm³/mol. The summed E-state index contributed by atoms with van der Waals surface area (Å²) in [7, 11) is 0. The molecular weight excluding hydrogens is 352 g/mol. The Kier molecular flexibility index (Phi) is 27.6. The van der Waals surface area contributed by atoms with Crippen molar-refractivity contribution in [2.45, 2.75) is 114 Å². The Balaban J connectivity index is -0.000000882. The average molecular weight is 405 g/mol. The normalized spacial score (nSPS) is 10.2. The van der Waals surface area contributed by atoms with Crippen LogP contribution in [0.1, 0.15) is 114 Å². The average Bonchev–Trinajstić information content (AvgIpc) is 2.51. The molecule has 0 aromatic rings. The first-order valence-corrected chi connectivity index (χ1v) is 10.9. The molecule has 0 saturated heterocycles. The Morgan fingerprint density at radius 1 is 0.889 bits per heavy atom. The molecule has 3 heteroatoms. The second-order valence-electron chi connectivity index (χ2n) is 7.65. The van der Waals surface area contributed by atoms with E-state index in [4.69, 9.17) is 4.74 Å². The van der Waals surface area contributed by atoms with Crippen molar-refractivity contribution in [2.24, 2.45) is 5.41 Å². The lowest BCUT2D eigenvalue weighted by atomic mass is 9.97. The number of carbonyl (C=O) groups is 1. The molecule has 27 heavy (non-hydrogen) atoms. The molecule has 0 aromatic carbocycles. The number of hydrogen-bond donors (Lipinski definition) is 0. The van der Waals surface area contributed by atoms with Crippen molar-refractivity contribution < 1.29 is 9.53 Å². The van der Waals surface area contributed by atoms with E-state index in [0.717, 1.165) is 23.5 Å². The molecule has 0 radical (unpaired) electrons. The maximum Gasteiger partial charge on any atom is 0.312 e. The van der Waals surface area contributed by atoms with Gasteiger partial charge in [0.15, 0.2) is 0 Å². The Morgan fingerprint density at radius 3 is 1.78 bits per heavy atom. The number of carbonyl (C=O) groups excluding carboxylic acids is 1. The Morgan fingerprint density at radius 2 is 1.33 bits per heavy atom. The zero-order valence-electron chi connectivity index (χ0n) is 16.6. The molecule has 0 spiro atoms. The SMILES string of the molecule is C.C.C.C=C(C)CSCC(C)(C)C(=O)OCCCCCCCCCCCC. The van der Waals surface area contributed by atoms with Crippen molar-refractivity contribution >= 4 is 17.7 Å². The van der Waals surface area contributed by atoms with Crippen molar-refractivity contribution in [2.75, 3.05) is 18.1 Å². The van der Waals surface area contributed by atoms with Crippen LogP contribution in [0, 0.1) is 5.41 Å². The lowest BCUT2D eigenvalue weighted by molar-refractivity contribution is -0.152. The molecule has 0 amide bonds. The van der Waals surface area contributed by atoms with Crippen molar-refractivity contribution in [3.63, 3.8) is 0 Å². The first kappa shape index (κ1) is 34.1. The molecule has 0 unspecified atom stereocenters. The second-order valence-corrected chi connectivity index (χ2v) is 8.64. The molecule has 0 aliphatic heterocycles. The van der Waals surface area contributed by atoms with Crippen LogP contribution in [0.5, 0.6) is 0 Å². The highest BCUT2D eigenvalue weighted by Crippen LogP contribution is 2.24. The van der Waals surface area contributed by atoms with Gasteiger partial charge in [0, 0.05) is 11.5 Å². The molecule has 0 aliphatic rings. The van der Waals surface area contributed by atoms with Crippen LogP contribution < -0.4 is 0 Å². The minimum atomic E-state index is -0.404. The topological polar surface area (TPSA) is 26.3 Å². The summed E-state index contributed by atoms with van der Waals surface area (Å²) in [5, 5.41) is 0. The fourth-order valence-corrected chi connectivity index (χ4v) is 3.57. The van der Waals surface area contributed by atoms with Gasteiger partial charge in [-0.1, -0.05) is 99.1 Å². The van der Waals surface area contributed by atoms with Gasteiger partial charge >= 0.3 is 5.97 Å². The Hall–Kier alpha value is -0.440. The van der Waals surface area contributed by atoms with Gasteiger partial charge in [-0.25, -0.2) is 0 Å². The summed E-state index contributed by atoms with van der Waals surface area (Å²) in [6, 6.07) is 0. The third-order valence-electron chi connectivity index (χ3n) is 4.10. The van der Waals surface area contributed by atoms with Gasteiger partial charge in [-0.3, -0.25) is 4.79 Å². The van der Waals surface area contributed by atoms with E-state index >= 15 is 0 Å². The number of rotatable bonds is 16. The minimum Gasteiger partial charge on any atom is -0.465 e. The molecule has 0 heterocycles. The van der Waals surface area contributed by atoms with E-state index in [1.807, 2.05) is 20.8 Å². The fraction of sp³-hybridized carbons (Fsp3) is 0.875. The number of hydrogen-bond acceptors (Lipinski definition) is 3. The molecule has 0 N–H and O–H groups in total. The third-order valence-corrected chi connectivity index (χ3v) is 5.72. The van der Waals surface area contributed by atoms with Crippen molar-refractivity contribution in [1.82, 2.24) is 0 Å². The summed E-state index contributed by atoms with van der Waals surface area (Å²) in [6.07, 6.45) is 13.0. The van der Waals surface area contributed by atoms with E-state index in [-0.39, 0.29) is 28.2 Å². The maximum absolute atomic E-state index is 12.1. The molecule has 0 atom stereocenters. The Bertz CT molecular complexity index is 337. The number of unbranched alkanes of at least 4 members (excludes halogenated alkanes) is 9. The summed E-state index contributed by atoms with van der Waals surface area (Å²) >= 11 is 1.76. The lowest BCUT2D eigenvalue weighted by Crippen LogP contribution is -2.29. The van der Waals surface area contributed by atoms with Gasteiger partial charge in [-0.05, 0) is 27.2 Å². The van der Waals surface area contributed by atoms with Crippen molar-refractivity contribution in [3.8, 4) is 0 Å². The van der Waals surface area contributed by atoms with E-state index < -0.39 is 5.41 Å². The standard InChI is InChI=1S/C21H40O2S.3CH4/c1-6-7-8-9-10-11-12-13-14-15-16-23-20(22)21(4,5)18-24-17-19(2)3;;;/h2,6-18H2,1,3-5H3;3*1H4. The molecule has 0 saturated carbocycles. The molecule has 0 aromatic heterocycles. The summed E-state index contributed by atoms with van der Waals surface area (Å²) in [4.78, 5) is 12.1. The van der Waals surface area contributed by atoms with Crippen LogP contribution in [-0.2, 0) is 9.53 Å². The smallest absolute Gasteiger partial charge is 0.312 e. The highest BCUT2D eigenvalue weighted by molar-refractivity contribution is 7.99. The fourth-order valence-electron chi connectivity index (χ4n) is 2.49. The largest absolute Gasteiger partial charge is 0.465 e.